The summed E-state index contributed by atoms with van der Waals surface area (Å²) in [6, 6.07) is -0.893. The molecule has 0 saturated carbocycles. The Labute approximate surface area is 104 Å². The fourth-order valence-electron chi connectivity index (χ4n) is 0.874. The van der Waals surface area contributed by atoms with Crippen LogP contribution < -0.4 is 16.4 Å². The zero-order valence-electron chi connectivity index (χ0n) is 8.92. The van der Waals surface area contributed by atoms with Crippen LogP contribution >= 0.6 is 12.6 Å². The number of hydrogen-bond donors (Lipinski definition) is 5. The summed E-state index contributed by atoms with van der Waals surface area (Å²) < 4.78 is 29.2. The van der Waals surface area contributed by atoms with Gasteiger partial charge in [-0.25, -0.2) is 0 Å². The number of carbonyl (C=O) groups is 2. The molecule has 17 heavy (non-hydrogen) atoms. The molecule has 5 N–H and O–H groups in total. The van der Waals surface area contributed by atoms with Gasteiger partial charge in [0.05, 0.1) is 12.3 Å². The Morgan fingerprint density at radius 1 is 1.41 bits per heavy atom. The van der Waals surface area contributed by atoms with Gasteiger partial charge in [0.2, 0.25) is 11.8 Å². The summed E-state index contributed by atoms with van der Waals surface area (Å²) >= 11 is 3.86. The number of carbonyl (C=O) groups excluding carboxylic acids is 2. The molecule has 0 fully saturated rings. The predicted octanol–water partition coefficient (Wildman–Crippen LogP) is -2.64. The van der Waals surface area contributed by atoms with Gasteiger partial charge in [-0.1, -0.05) is 0 Å². The Morgan fingerprint density at radius 3 is 2.41 bits per heavy atom. The lowest BCUT2D eigenvalue weighted by Gasteiger charge is -2.15. The molecule has 0 heterocycles. The van der Waals surface area contributed by atoms with E-state index < -0.39 is 33.7 Å². The molecule has 100 valence electrons. The van der Waals surface area contributed by atoms with Crippen molar-refractivity contribution in [3.8, 4) is 0 Å². The number of thiol groups is 1. The highest BCUT2D eigenvalue weighted by Gasteiger charge is 2.18. The van der Waals surface area contributed by atoms with Gasteiger partial charge in [-0.2, -0.15) is 21.0 Å². The van der Waals surface area contributed by atoms with Gasteiger partial charge in [0, 0.05) is 12.3 Å². The zero-order chi connectivity index (χ0) is 13.5. The Morgan fingerprint density at radius 2 is 2.00 bits per heavy atom. The van der Waals surface area contributed by atoms with Crippen molar-refractivity contribution in [2.24, 2.45) is 5.73 Å². The van der Waals surface area contributed by atoms with Crippen molar-refractivity contribution in [1.29, 1.82) is 0 Å². The van der Waals surface area contributed by atoms with E-state index in [-0.39, 0.29) is 18.8 Å². The van der Waals surface area contributed by atoms with Crippen LogP contribution in [0.15, 0.2) is 0 Å². The predicted molar refractivity (Wildman–Crippen MR) is 64.3 cm³/mol. The lowest BCUT2D eigenvalue weighted by molar-refractivity contribution is -0.127. The second-order valence-corrected chi connectivity index (χ2v) is 5.02. The molecule has 0 aliphatic rings. The molecule has 2 amide bonds. The van der Waals surface area contributed by atoms with E-state index >= 15 is 0 Å². The third-order valence-electron chi connectivity index (χ3n) is 1.68. The minimum Gasteiger partial charge on any atom is -0.353 e. The maximum Gasteiger partial charge on any atom is 0.266 e. The van der Waals surface area contributed by atoms with Crippen LogP contribution in [0.3, 0.4) is 0 Å². The van der Waals surface area contributed by atoms with Crippen LogP contribution in [0.1, 0.15) is 0 Å². The molecule has 1 atom stereocenters. The molecular weight excluding hydrogens is 270 g/mol. The molecule has 0 radical (unpaired) electrons. The average Bonchev–Trinajstić information content (AvgIpc) is 2.23. The Bertz CT molecular complexity index is 370. The molecule has 0 aliphatic heterocycles. The summed E-state index contributed by atoms with van der Waals surface area (Å²) in [5.74, 6) is -1.66. The molecule has 8 nitrogen and oxygen atoms in total. The minimum atomic E-state index is -4.12. The minimum absolute atomic E-state index is 0.0451. The highest BCUT2D eigenvalue weighted by atomic mass is 32.2. The monoisotopic (exact) mass is 285 g/mol. The molecule has 0 saturated heterocycles. The first-order chi connectivity index (χ1) is 7.80. The van der Waals surface area contributed by atoms with Crippen molar-refractivity contribution in [2.45, 2.75) is 6.04 Å². The van der Waals surface area contributed by atoms with Crippen molar-refractivity contribution in [2.75, 3.05) is 24.6 Å². The fourth-order valence-corrected chi connectivity index (χ4v) is 1.49. The second kappa shape index (κ2) is 7.48. The summed E-state index contributed by atoms with van der Waals surface area (Å²) in [6.07, 6.45) is 0. The van der Waals surface area contributed by atoms with Crippen molar-refractivity contribution in [1.82, 2.24) is 10.6 Å². The third-order valence-corrected chi connectivity index (χ3v) is 2.76. The molecular formula is C7H15N3O5S2. The van der Waals surface area contributed by atoms with Crippen LogP contribution in [-0.4, -0.2) is 55.4 Å². The van der Waals surface area contributed by atoms with Gasteiger partial charge in [0.15, 0.2) is 0 Å². The normalized spacial score (nSPS) is 12.9. The van der Waals surface area contributed by atoms with Gasteiger partial charge < -0.3 is 16.4 Å². The van der Waals surface area contributed by atoms with Crippen molar-refractivity contribution < 1.29 is 22.6 Å². The van der Waals surface area contributed by atoms with Crippen LogP contribution in [0.4, 0.5) is 0 Å². The smallest absolute Gasteiger partial charge is 0.266 e. The van der Waals surface area contributed by atoms with E-state index in [2.05, 4.69) is 23.3 Å². The third kappa shape index (κ3) is 7.96. The van der Waals surface area contributed by atoms with E-state index in [1.807, 2.05) is 0 Å². The summed E-state index contributed by atoms with van der Waals surface area (Å²) in [6.45, 7) is -0.511. The van der Waals surface area contributed by atoms with E-state index in [9.17, 15) is 18.0 Å². The number of amides is 2. The lowest BCUT2D eigenvalue weighted by Crippen LogP contribution is -2.50. The SMILES string of the molecule is NCC(=O)N[C@@H](CS)C(=O)NCCS(=O)(=O)O. The largest absolute Gasteiger partial charge is 0.353 e. The first-order valence-electron chi connectivity index (χ1n) is 4.63. The van der Waals surface area contributed by atoms with Crippen LogP contribution in [0.5, 0.6) is 0 Å². The summed E-state index contributed by atoms with van der Waals surface area (Å²) in [5, 5.41) is 4.54. The molecule has 0 rings (SSSR count). The van der Waals surface area contributed by atoms with Crippen molar-refractivity contribution >= 4 is 34.6 Å². The maximum absolute atomic E-state index is 11.4. The summed E-state index contributed by atoms with van der Waals surface area (Å²) in [4.78, 5) is 22.4. The van der Waals surface area contributed by atoms with Gasteiger partial charge in [-0.05, 0) is 0 Å². The first kappa shape index (κ1) is 16.2. The molecule has 0 aromatic carbocycles. The van der Waals surface area contributed by atoms with E-state index in [1.165, 1.54) is 0 Å². The van der Waals surface area contributed by atoms with Crippen LogP contribution in [0.25, 0.3) is 0 Å². The molecule has 10 heteroatoms. The first-order valence-corrected chi connectivity index (χ1v) is 6.87. The van der Waals surface area contributed by atoms with Crippen molar-refractivity contribution in [3.63, 3.8) is 0 Å². The van der Waals surface area contributed by atoms with Gasteiger partial charge in [0.1, 0.15) is 6.04 Å². The van der Waals surface area contributed by atoms with Crippen LogP contribution in [0, 0.1) is 0 Å². The molecule has 0 bridgehead atoms. The fraction of sp³-hybridized carbons (Fsp3) is 0.714. The Balaban J connectivity index is 4.13. The number of nitrogens with two attached hydrogens (primary N) is 1. The highest BCUT2D eigenvalue weighted by molar-refractivity contribution is 7.85. The number of rotatable bonds is 7. The van der Waals surface area contributed by atoms with Crippen LogP contribution in [-0.2, 0) is 19.7 Å². The van der Waals surface area contributed by atoms with Gasteiger partial charge >= 0.3 is 0 Å². The van der Waals surface area contributed by atoms with E-state index in [0.29, 0.717) is 0 Å². The lowest BCUT2D eigenvalue weighted by atomic mass is 10.3. The van der Waals surface area contributed by atoms with E-state index in [4.69, 9.17) is 10.3 Å². The van der Waals surface area contributed by atoms with Gasteiger partial charge in [0.25, 0.3) is 10.1 Å². The number of hydrogen-bond acceptors (Lipinski definition) is 6. The maximum atomic E-state index is 11.4. The topological polar surface area (TPSA) is 139 Å². The quantitative estimate of drug-likeness (QED) is 0.256. The molecule has 0 aromatic heterocycles. The molecule has 0 aromatic rings. The van der Waals surface area contributed by atoms with Gasteiger partial charge in [-0.15, -0.1) is 0 Å². The standard InChI is InChI=1S/C7H15N3O5S2/c8-3-6(11)10-5(4-16)7(12)9-1-2-17(13,14)15/h5,16H,1-4,8H2,(H,9,12)(H,10,11)(H,13,14,15)/t5-/m0/s1. The molecule has 0 spiro atoms. The Kier molecular flexibility index (Phi) is 7.11. The summed E-state index contributed by atoms with van der Waals surface area (Å²) in [5.41, 5.74) is 5.05. The van der Waals surface area contributed by atoms with Crippen LogP contribution in [0.2, 0.25) is 0 Å². The van der Waals surface area contributed by atoms with Crippen molar-refractivity contribution in [3.05, 3.63) is 0 Å². The Hall–Kier alpha value is -0.840. The average molecular weight is 285 g/mol. The molecule has 0 aliphatic carbocycles. The second-order valence-electron chi connectivity index (χ2n) is 3.08. The molecule has 0 unspecified atom stereocenters. The highest BCUT2D eigenvalue weighted by Crippen LogP contribution is 1.89. The summed E-state index contributed by atoms with van der Waals surface area (Å²) in [7, 11) is -4.12. The van der Waals surface area contributed by atoms with E-state index in [0.717, 1.165) is 0 Å². The number of nitrogens with one attached hydrogen (secondary N) is 2. The zero-order valence-corrected chi connectivity index (χ0v) is 10.6. The van der Waals surface area contributed by atoms with Gasteiger partial charge in [-0.3, -0.25) is 14.1 Å². The van der Waals surface area contributed by atoms with E-state index in [1.54, 1.807) is 0 Å².